The molecule has 1 N–H and O–H groups in total. The summed E-state index contributed by atoms with van der Waals surface area (Å²) < 4.78 is 52.2. The van der Waals surface area contributed by atoms with Gasteiger partial charge in [0, 0.05) is 13.1 Å². The van der Waals surface area contributed by atoms with Gasteiger partial charge in [-0.25, -0.2) is 17.2 Å². The highest BCUT2D eigenvalue weighted by Gasteiger charge is 2.33. The van der Waals surface area contributed by atoms with Crippen LogP contribution in [-0.4, -0.2) is 37.0 Å². The van der Waals surface area contributed by atoms with E-state index in [1.807, 2.05) is 0 Å². The highest BCUT2D eigenvalue weighted by molar-refractivity contribution is 7.89. The third-order valence-corrected chi connectivity index (χ3v) is 4.89. The summed E-state index contributed by atoms with van der Waals surface area (Å²) in [5.41, 5.74) is 0. The summed E-state index contributed by atoms with van der Waals surface area (Å²) in [7, 11) is -4.17. The topological polar surface area (TPSA) is 57.6 Å². The summed E-state index contributed by atoms with van der Waals surface area (Å²) in [6, 6.07) is 2.94. The zero-order chi connectivity index (χ0) is 13.3. The Bertz CT molecular complexity index is 519. The van der Waals surface area contributed by atoms with E-state index in [4.69, 9.17) is 0 Å². The van der Waals surface area contributed by atoms with Gasteiger partial charge >= 0.3 is 0 Å². The Balaban J connectivity index is 2.37. The highest BCUT2D eigenvalue weighted by atomic mass is 32.2. The largest absolute Gasteiger partial charge is 0.393 e. The van der Waals surface area contributed by atoms with Gasteiger partial charge in [0.1, 0.15) is 11.6 Å². The van der Waals surface area contributed by atoms with Crippen LogP contribution in [0.4, 0.5) is 8.78 Å². The molecule has 2 rings (SSSR count). The predicted octanol–water partition coefficient (Wildman–Crippen LogP) is 1.11. The molecule has 1 saturated heterocycles. The van der Waals surface area contributed by atoms with E-state index in [2.05, 4.69) is 0 Å². The maximum atomic E-state index is 13.5. The van der Waals surface area contributed by atoms with Crippen LogP contribution in [-0.2, 0) is 10.0 Å². The zero-order valence-corrected chi connectivity index (χ0v) is 10.3. The molecule has 0 atom stereocenters. The van der Waals surface area contributed by atoms with Gasteiger partial charge in [-0.05, 0) is 25.0 Å². The van der Waals surface area contributed by atoms with Gasteiger partial charge in [0.25, 0.3) is 0 Å². The van der Waals surface area contributed by atoms with Crippen LogP contribution < -0.4 is 0 Å². The number of sulfonamides is 1. The fraction of sp³-hybridized carbons (Fsp3) is 0.455. The zero-order valence-electron chi connectivity index (χ0n) is 9.51. The first-order valence-corrected chi connectivity index (χ1v) is 6.99. The van der Waals surface area contributed by atoms with Crippen molar-refractivity contribution < 1.29 is 22.3 Å². The molecule has 0 saturated carbocycles. The van der Waals surface area contributed by atoms with Crippen molar-refractivity contribution in [3.05, 3.63) is 29.8 Å². The minimum absolute atomic E-state index is 0.0667. The van der Waals surface area contributed by atoms with E-state index >= 15 is 0 Å². The minimum Gasteiger partial charge on any atom is -0.393 e. The molecule has 0 spiro atoms. The Morgan fingerprint density at radius 2 is 1.67 bits per heavy atom. The lowest BCUT2D eigenvalue weighted by atomic mass is 10.1. The van der Waals surface area contributed by atoms with Crippen molar-refractivity contribution >= 4 is 10.0 Å². The third-order valence-electron chi connectivity index (χ3n) is 2.94. The SMILES string of the molecule is O=S(=O)(c1c(F)cccc1F)N1CCC(O)CC1. The van der Waals surface area contributed by atoms with E-state index in [1.54, 1.807) is 0 Å². The maximum absolute atomic E-state index is 13.5. The molecule has 4 nitrogen and oxygen atoms in total. The molecule has 1 fully saturated rings. The van der Waals surface area contributed by atoms with Crippen molar-refractivity contribution in [3.8, 4) is 0 Å². The highest BCUT2D eigenvalue weighted by Crippen LogP contribution is 2.25. The van der Waals surface area contributed by atoms with Crippen molar-refractivity contribution in [2.24, 2.45) is 0 Å². The summed E-state index contributed by atoms with van der Waals surface area (Å²) in [5, 5.41) is 9.30. The fourth-order valence-electron chi connectivity index (χ4n) is 1.94. The fourth-order valence-corrected chi connectivity index (χ4v) is 3.52. The summed E-state index contributed by atoms with van der Waals surface area (Å²) in [6.07, 6.45) is -0.00755. The number of aliphatic hydroxyl groups excluding tert-OH is 1. The number of nitrogens with zero attached hydrogens (tertiary/aromatic N) is 1. The first kappa shape index (κ1) is 13.4. The van der Waals surface area contributed by atoms with Crippen LogP contribution in [0.25, 0.3) is 0 Å². The first-order chi connectivity index (χ1) is 8.43. The van der Waals surface area contributed by atoms with Gasteiger partial charge in [-0.1, -0.05) is 6.07 Å². The van der Waals surface area contributed by atoms with Gasteiger partial charge in [-0.2, -0.15) is 4.31 Å². The summed E-state index contributed by atoms with van der Waals surface area (Å²) in [5.74, 6) is -2.19. The van der Waals surface area contributed by atoms with Crippen molar-refractivity contribution in [2.45, 2.75) is 23.8 Å². The van der Waals surface area contributed by atoms with Gasteiger partial charge in [-0.15, -0.1) is 0 Å². The van der Waals surface area contributed by atoms with Crippen molar-refractivity contribution in [1.82, 2.24) is 4.31 Å². The second-order valence-electron chi connectivity index (χ2n) is 4.19. The number of hydrogen-bond acceptors (Lipinski definition) is 3. The van der Waals surface area contributed by atoms with E-state index in [0.29, 0.717) is 0 Å². The lowest BCUT2D eigenvalue weighted by Crippen LogP contribution is -2.40. The Morgan fingerprint density at radius 1 is 1.17 bits per heavy atom. The van der Waals surface area contributed by atoms with E-state index in [9.17, 15) is 22.3 Å². The van der Waals surface area contributed by atoms with Crippen LogP contribution in [0.2, 0.25) is 0 Å². The van der Waals surface area contributed by atoms with E-state index in [-0.39, 0.29) is 25.9 Å². The molecule has 0 aromatic heterocycles. The minimum atomic E-state index is -4.17. The number of aliphatic hydroxyl groups is 1. The average Bonchev–Trinajstić information content (AvgIpc) is 2.29. The molecule has 1 aliphatic rings. The lowest BCUT2D eigenvalue weighted by molar-refractivity contribution is 0.113. The quantitative estimate of drug-likeness (QED) is 0.881. The molecule has 0 amide bonds. The van der Waals surface area contributed by atoms with Crippen LogP contribution in [0.15, 0.2) is 23.1 Å². The number of piperidine rings is 1. The molecular formula is C11H13F2NO3S. The van der Waals surface area contributed by atoms with E-state index in [1.165, 1.54) is 0 Å². The summed E-state index contributed by atoms with van der Waals surface area (Å²) in [4.78, 5) is -0.915. The van der Waals surface area contributed by atoms with Gasteiger partial charge in [0.15, 0.2) is 4.90 Å². The summed E-state index contributed by atoms with van der Waals surface area (Å²) >= 11 is 0. The number of hydrogen-bond donors (Lipinski definition) is 1. The van der Waals surface area contributed by atoms with Gasteiger partial charge < -0.3 is 5.11 Å². The molecule has 1 heterocycles. The molecular weight excluding hydrogens is 264 g/mol. The molecule has 100 valence electrons. The Hall–Kier alpha value is -1.05. The molecule has 0 unspecified atom stereocenters. The standard InChI is InChI=1S/C11H13F2NO3S/c12-9-2-1-3-10(13)11(9)18(16,17)14-6-4-8(15)5-7-14/h1-3,8,15H,4-7H2. The number of benzene rings is 1. The Kier molecular flexibility index (Phi) is 3.65. The molecule has 1 aliphatic heterocycles. The number of rotatable bonds is 2. The Labute approximate surface area is 104 Å². The van der Waals surface area contributed by atoms with Gasteiger partial charge in [0.2, 0.25) is 10.0 Å². The van der Waals surface area contributed by atoms with Gasteiger partial charge in [-0.3, -0.25) is 0 Å². The van der Waals surface area contributed by atoms with Gasteiger partial charge in [0.05, 0.1) is 6.10 Å². The smallest absolute Gasteiger partial charge is 0.248 e. The molecule has 0 aliphatic carbocycles. The lowest BCUT2D eigenvalue weighted by Gasteiger charge is -2.28. The normalized spacial score (nSPS) is 19.1. The molecule has 0 radical (unpaired) electrons. The monoisotopic (exact) mass is 277 g/mol. The van der Waals surface area contributed by atoms with E-state index in [0.717, 1.165) is 22.5 Å². The molecule has 1 aromatic rings. The van der Waals surface area contributed by atoms with Crippen LogP contribution >= 0.6 is 0 Å². The number of halogens is 2. The molecule has 18 heavy (non-hydrogen) atoms. The molecule has 0 bridgehead atoms. The van der Waals surface area contributed by atoms with Crippen molar-refractivity contribution in [2.75, 3.05) is 13.1 Å². The van der Waals surface area contributed by atoms with Crippen molar-refractivity contribution in [1.29, 1.82) is 0 Å². The van der Waals surface area contributed by atoms with E-state index < -0.39 is 32.7 Å². The second kappa shape index (κ2) is 4.91. The Morgan fingerprint density at radius 3 is 2.17 bits per heavy atom. The van der Waals surface area contributed by atoms with Crippen LogP contribution in [0.5, 0.6) is 0 Å². The molecule has 1 aromatic carbocycles. The second-order valence-corrected chi connectivity index (χ2v) is 6.06. The van der Waals surface area contributed by atoms with Crippen molar-refractivity contribution in [3.63, 3.8) is 0 Å². The third kappa shape index (κ3) is 2.38. The summed E-state index contributed by atoms with van der Waals surface area (Å²) in [6.45, 7) is 0.133. The van der Waals surface area contributed by atoms with Crippen LogP contribution in [0, 0.1) is 11.6 Å². The molecule has 7 heteroatoms. The van der Waals surface area contributed by atoms with Crippen LogP contribution in [0.3, 0.4) is 0 Å². The predicted molar refractivity (Wildman–Crippen MR) is 60.4 cm³/mol. The average molecular weight is 277 g/mol. The maximum Gasteiger partial charge on any atom is 0.248 e. The van der Waals surface area contributed by atoms with Crippen LogP contribution in [0.1, 0.15) is 12.8 Å². The first-order valence-electron chi connectivity index (χ1n) is 5.55.